The summed E-state index contributed by atoms with van der Waals surface area (Å²) >= 11 is 0. The summed E-state index contributed by atoms with van der Waals surface area (Å²) in [4.78, 5) is 11.0. The van der Waals surface area contributed by atoms with Crippen LogP contribution in [-0.2, 0) is 4.79 Å². The molecular formula is C7H6N4O. The zero-order valence-electron chi connectivity index (χ0n) is 6.32. The molecule has 0 fully saturated rings. The largest absolute Gasteiger partial charge is 0.272 e. The summed E-state index contributed by atoms with van der Waals surface area (Å²) in [6.45, 7) is 0.278. The van der Waals surface area contributed by atoms with E-state index < -0.39 is 0 Å². The SMILES string of the molecule is N#CCCN1N=C(C#N)CC1=O. The summed E-state index contributed by atoms with van der Waals surface area (Å²) in [7, 11) is 0. The molecule has 0 unspecified atom stereocenters. The molecule has 0 saturated heterocycles. The van der Waals surface area contributed by atoms with E-state index in [0.29, 0.717) is 0 Å². The first-order chi connectivity index (χ1) is 5.77. The van der Waals surface area contributed by atoms with Gasteiger partial charge < -0.3 is 0 Å². The van der Waals surface area contributed by atoms with E-state index in [1.165, 1.54) is 5.01 Å². The molecule has 1 aliphatic rings. The number of rotatable bonds is 2. The molecule has 5 nitrogen and oxygen atoms in total. The quantitative estimate of drug-likeness (QED) is 0.573. The van der Waals surface area contributed by atoms with E-state index in [9.17, 15) is 4.79 Å². The lowest BCUT2D eigenvalue weighted by atomic mass is 10.3. The van der Waals surface area contributed by atoms with Gasteiger partial charge in [0.1, 0.15) is 11.8 Å². The minimum Gasteiger partial charge on any atom is -0.272 e. The predicted octanol–water partition coefficient (Wildman–Crippen LogP) is 0.0120. The van der Waals surface area contributed by atoms with Gasteiger partial charge in [-0.05, 0) is 0 Å². The zero-order valence-corrected chi connectivity index (χ0v) is 6.32. The highest BCUT2D eigenvalue weighted by Gasteiger charge is 2.22. The van der Waals surface area contributed by atoms with Gasteiger partial charge in [0.2, 0.25) is 5.91 Å². The standard InChI is InChI=1S/C7H6N4O/c8-2-1-3-11-7(12)4-6(5-9)10-11/h1,3-4H2. The van der Waals surface area contributed by atoms with Crippen LogP contribution in [0.3, 0.4) is 0 Å². The molecular weight excluding hydrogens is 156 g/mol. The van der Waals surface area contributed by atoms with E-state index in [0.717, 1.165) is 0 Å². The van der Waals surface area contributed by atoms with E-state index in [1.807, 2.05) is 6.07 Å². The smallest absolute Gasteiger partial charge is 0.249 e. The van der Waals surface area contributed by atoms with E-state index in [-0.39, 0.29) is 31.0 Å². The summed E-state index contributed by atoms with van der Waals surface area (Å²) in [6.07, 6.45) is 0.315. The molecule has 0 aromatic heterocycles. The molecule has 1 rings (SSSR count). The van der Waals surface area contributed by atoms with E-state index in [1.54, 1.807) is 6.07 Å². The van der Waals surface area contributed by atoms with Crippen molar-refractivity contribution in [1.82, 2.24) is 5.01 Å². The predicted molar refractivity (Wildman–Crippen MR) is 39.6 cm³/mol. The Balaban J connectivity index is 2.57. The number of amides is 1. The van der Waals surface area contributed by atoms with E-state index in [2.05, 4.69) is 5.10 Å². The average Bonchev–Trinajstić information content (AvgIpc) is 2.43. The molecule has 0 atom stereocenters. The molecule has 0 saturated carbocycles. The molecule has 1 amide bonds. The van der Waals surface area contributed by atoms with Crippen molar-refractivity contribution in [3.8, 4) is 12.1 Å². The van der Waals surface area contributed by atoms with Crippen LogP contribution in [0.1, 0.15) is 12.8 Å². The van der Waals surface area contributed by atoms with Crippen LogP contribution < -0.4 is 0 Å². The third-order valence-electron chi connectivity index (χ3n) is 1.41. The Morgan fingerprint density at radius 2 is 2.33 bits per heavy atom. The summed E-state index contributed by atoms with van der Waals surface area (Å²) < 4.78 is 0. The maximum Gasteiger partial charge on any atom is 0.249 e. The van der Waals surface area contributed by atoms with Crippen molar-refractivity contribution < 1.29 is 4.79 Å². The van der Waals surface area contributed by atoms with Crippen molar-refractivity contribution in [2.24, 2.45) is 5.10 Å². The van der Waals surface area contributed by atoms with Crippen LogP contribution in [0.2, 0.25) is 0 Å². The van der Waals surface area contributed by atoms with Gasteiger partial charge >= 0.3 is 0 Å². The number of nitrogens with zero attached hydrogens (tertiary/aromatic N) is 4. The fourth-order valence-corrected chi connectivity index (χ4v) is 0.864. The molecule has 1 heterocycles. The Bertz CT molecular complexity index is 306. The van der Waals surface area contributed by atoms with Crippen molar-refractivity contribution >= 4 is 11.6 Å². The Morgan fingerprint density at radius 1 is 1.58 bits per heavy atom. The van der Waals surface area contributed by atoms with Crippen LogP contribution in [0.4, 0.5) is 0 Å². The van der Waals surface area contributed by atoms with Crippen molar-refractivity contribution in [2.75, 3.05) is 6.54 Å². The molecule has 0 radical (unpaired) electrons. The number of hydrogen-bond acceptors (Lipinski definition) is 4. The first-order valence-electron chi connectivity index (χ1n) is 3.43. The molecule has 1 aliphatic heterocycles. The summed E-state index contributed by atoms with van der Waals surface area (Å²) in [5.74, 6) is -0.207. The molecule has 0 bridgehead atoms. The summed E-state index contributed by atoms with van der Waals surface area (Å²) in [5, 5.41) is 21.5. The highest BCUT2D eigenvalue weighted by molar-refractivity contribution is 6.12. The van der Waals surface area contributed by atoms with Gasteiger partial charge in [0.25, 0.3) is 0 Å². The molecule has 0 aromatic carbocycles. The zero-order chi connectivity index (χ0) is 8.97. The lowest BCUT2D eigenvalue weighted by Gasteiger charge is -2.06. The third-order valence-corrected chi connectivity index (χ3v) is 1.41. The summed E-state index contributed by atoms with van der Waals surface area (Å²) in [6, 6.07) is 3.71. The normalized spacial score (nSPS) is 15.3. The molecule has 0 spiro atoms. The van der Waals surface area contributed by atoms with Crippen LogP contribution in [0.15, 0.2) is 5.10 Å². The van der Waals surface area contributed by atoms with E-state index in [4.69, 9.17) is 10.5 Å². The monoisotopic (exact) mass is 162 g/mol. The first kappa shape index (κ1) is 8.22. The Kier molecular flexibility index (Phi) is 2.39. The van der Waals surface area contributed by atoms with Crippen molar-refractivity contribution in [1.29, 1.82) is 10.5 Å². The number of hydrazone groups is 1. The Labute approximate surface area is 69.5 Å². The van der Waals surface area contributed by atoms with E-state index >= 15 is 0 Å². The second-order valence-electron chi connectivity index (χ2n) is 2.26. The second kappa shape index (κ2) is 3.49. The van der Waals surface area contributed by atoms with Crippen molar-refractivity contribution in [3.05, 3.63) is 0 Å². The number of nitriles is 2. The molecule has 60 valence electrons. The van der Waals surface area contributed by atoms with Crippen LogP contribution in [-0.4, -0.2) is 23.2 Å². The van der Waals surface area contributed by atoms with Gasteiger partial charge in [-0.25, -0.2) is 5.01 Å². The topological polar surface area (TPSA) is 80.2 Å². The maximum atomic E-state index is 11.0. The van der Waals surface area contributed by atoms with Gasteiger partial charge in [-0.1, -0.05) is 0 Å². The highest BCUT2D eigenvalue weighted by atomic mass is 16.2. The van der Waals surface area contributed by atoms with Gasteiger partial charge in [0, 0.05) is 0 Å². The van der Waals surface area contributed by atoms with Gasteiger partial charge in [0.15, 0.2) is 0 Å². The Hall–Kier alpha value is -1.88. The minimum absolute atomic E-state index is 0.0714. The first-order valence-corrected chi connectivity index (χ1v) is 3.43. The van der Waals surface area contributed by atoms with Gasteiger partial charge in [-0.2, -0.15) is 15.6 Å². The number of carbonyl (C=O) groups is 1. The minimum atomic E-state index is -0.207. The highest BCUT2D eigenvalue weighted by Crippen LogP contribution is 2.07. The Morgan fingerprint density at radius 3 is 2.83 bits per heavy atom. The van der Waals surface area contributed by atoms with Crippen LogP contribution in [0, 0.1) is 22.7 Å². The molecule has 0 N–H and O–H groups in total. The fourth-order valence-electron chi connectivity index (χ4n) is 0.864. The van der Waals surface area contributed by atoms with Crippen LogP contribution in [0.25, 0.3) is 0 Å². The fraction of sp³-hybridized carbons (Fsp3) is 0.429. The van der Waals surface area contributed by atoms with Crippen molar-refractivity contribution in [2.45, 2.75) is 12.8 Å². The lowest BCUT2D eigenvalue weighted by molar-refractivity contribution is -0.128. The van der Waals surface area contributed by atoms with Gasteiger partial charge in [0.05, 0.1) is 25.5 Å². The number of carbonyl (C=O) groups excluding carboxylic acids is 1. The van der Waals surface area contributed by atoms with Crippen LogP contribution >= 0.6 is 0 Å². The van der Waals surface area contributed by atoms with Gasteiger partial charge in [-0.3, -0.25) is 4.79 Å². The van der Waals surface area contributed by atoms with Gasteiger partial charge in [-0.15, -0.1) is 0 Å². The van der Waals surface area contributed by atoms with Crippen LogP contribution in [0.5, 0.6) is 0 Å². The molecule has 0 aliphatic carbocycles. The average molecular weight is 162 g/mol. The molecule has 0 aromatic rings. The number of hydrogen-bond donors (Lipinski definition) is 0. The molecule has 5 heteroatoms. The van der Waals surface area contributed by atoms with Crippen molar-refractivity contribution in [3.63, 3.8) is 0 Å². The second-order valence-corrected chi connectivity index (χ2v) is 2.26. The maximum absolute atomic E-state index is 11.0. The lowest BCUT2D eigenvalue weighted by Crippen LogP contribution is -2.21. The third kappa shape index (κ3) is 1.58. The summed E-state index contributed by atoms with van der Waals surface area (Å²) in [5.41, 5.74) is 0.220. The molecule has 12 heavy (non-hydrogen) atoms.